The minimum Gasteiger partial charge on any atom is -0.349 e. The fourth-order valence-electron chi connectivity index (χ4n) is 1.95. The van der Waals surface area contributed by atoms with Gasteiger partial charge in [-0.15, -0.1) is 10.2 Å². The number of carbonyl (C=O) groups excluding carboxylic acids is 1. The average Bonchev–Trinajstić information content (AvgIpc) is 2.80. The highest BCUT2D eigenvalue weighted by atomic mass is 32.2. The summed E-state index contributed by atoms with van der Waals surface area (Å²) in [6.07, 6.45) is 0.476. The first-order valence-electron chi connectivity index (χ1n) is 5.72. The van der Waals surface area contributed by atoms with Crippen LogP contribution in [0.5, 0.6) is 0 Å². The SMILES string of the molecule is Cc1nnc(SCC(=O)N[C@]2(C)CCS(=O)(=O)C2)s1. The van der Waals surface area contributed by atoms with Crippen LogP contribution in [-0.4, -0.2) is 47.3 Å². The fraction of sp³-hybridized carbons (Fsp3) is 0.700. The van der Waals surface area contributed by atoms with Gasteiger partial charge in [-0.3, -0.25) is 4.79 Å². The number of nitrogens with zero attached hydrogens (tertiary/aromatic N) is 2. The molecule has 2 rings (SSSR count). The molecule has 0 radical (unpaired) electrons. The van der Waals surface area contributed by atoms with E-state index in [1.165, 1.54) is 23.1 Å². The summed E-state index contributed by atoms with van der Waals surface area (Å²) in [4.78, 5) is 11.8. The summed E-state index contributed by atoms with van der Waals surface area (Å²) in [6.45, 7) is 3.63. The maximum Gasteiger partial charge on any atom is 0.230 e. The quantitative estimate of drug-likeness (QED) is 0.818. The number of aryl methyl sites for hydroxylation is 1. The number of hydrogen-bond acceptors (Lipinski definition) is 7. The number of amides is 1. The third-order valence-electron chi connectivity index (χ3n) is 2.78. The van der Waals surface area contributed by atoms with E-state index in [-0.39, 0.29) is 23.2 Å². The predicted molar refractivity (Wildman–Crippen MR) is 75.2 cm³/mol. The summed E-state index contributed by atoms with van der Waals surface area (Å²) < 4.78 is 23.6. The van der Waals surface area contributed by atoms with Gasteiger partial charge in [0, 0.05) is 0 Å². The van der Waals surface area contributed by atoms with Crippen LogP contribution >= 0.6 is 23.1 Å². The summed E-state index contributed by atoms with van der Waals surface area (Å²) in [5.41, 5.74) is -0.631. The van der Waals surface area contributed by atoms with Crippen LogP contribution < -0.4 is 5.32 Å². The number of rotatable bonds is 4. The molecule has 0 bridgehead atoms. The summed E-state index contributed by atoms with van der Waals surface area (Å²) in [6, 6.07) is 0. The highest BCUT2D eigenvalue weighted by Crippen LogP contribution is 2.24. The maximum absolute atomic E-state index is 11.8. The van der Waals surface area contributed by atoms with Crippen molar-refractivity contribution in [3.8, 4) is 0 Å². The Morgan fingerprint density at radius 3 is 2.79 bits per heavy atom. The molecule has 1 aliphatic rings. The van der Waals surface area contributed by atoms with E-state index >= 15 is 0 Å². The van der Waals surface area contributed by atoms with E-state index < -0.39 is 15.4 Å². The van der Waals surface area contributed by atoms with Crippen molar-refractivity contribution >= 4 is 38.8 Å². The average molecular weight is 321 g/mol. The summed E-state index contributed by atoms with van der Waals surface area (Å²) in [7, 11) is -3.01. The van der Waals surface area contributed by atoms with Gasteiger partial charge in [-0.2, -0.15) is 0 Å². The molecule has 1 saturated heterocycles. The molecule has 19 heavy (non-hydrogen) atoms. The van der Waals surface area contributed by atoms with Gasteiger partial charge in [0.25, 0.3) is 0 Å². The fourth-order valence-corrected chi connectivity index (χ4v) is 5.65. The molecular weight excluding hydrogens is 306 g/mol. The Morgan fingerprint density at radius 2 is 2.26 bits per heavy atom. The van der Waals surface area contributed by atoms with E-state index in [0.717, 1.165) is 9.35 Å². The summed E-state index contributed by atoms with van der Waals surface area (Å²) in [5.74, 6) is 0.225. The predicted octanol–water partition coefficient (Wildman–Crippen LogP) is 0.632. The van der Waals surface area contributed by atoms with Gasteiger partial charge >= 0.3 is 0 Å². The summed E-state index contributed by atoms with van der Waals surface area (Å²) in [5, 5.41) is 11.4. The van der Waals surface area contributed by atoms with Gasteiger partial charge < -0.3 is 5.32 Å². The van der Waals surface area contributed by atoms with Gasteiger partial charge in [0.1, 0.15) is 5.01 Å². The van der Waals surface area contributed by atoms with Crippen LogP contribution in [0.25, 0.3) is 0 Å². The number of carbonyl (C=O) groups is 1. The van der Waals surface area contributed by atoms with Crippen LogP contribution in [0.1, 0.15) is 18.4 Å². The summed E-state index contributed by atoms with van der Waals surface area (Å²) >= 11 is 2.75. The molecular formula is C10H15N3O3S3. The second kappa shape index (κ2) is 5.37. The first-order chi connectivity index (χ1) is 8.78. The Balaban J connectivity index is 1.85. The van der Waals surface area contributed by atoms with Crippen molar-refractivity contribution in [3.63, 3.8) is 0 Å². The van der Waals surface area contributed by atoms with Gasteiger partial charge in [-0.1, -0.05) is 23.1 Å². The first kappa shape index (κ1) is 14.7. The molecule has 1 aromatic rings. The zero-order valence-corrected chi connectivity index (χ0v) is 13.1. The van der Waals surface area contributed by atoms with E-state index in [1.807, 2.05) is 6.92 Å². The van der Waals surface area contributed by atoms with Crippen LogP contribution in [0.4, 0.5) is 0 Å². The zero-order chi connectivity index (χ0) is 14.1. The number of hydrogen-bond donors (Lipinski definition) is 1. The molecule has 0 unspecified atom stereocenters. The molecule has 2 heterocycles. The third-order valence-corrected chi connectivity index (χ3v) is 6.65. The molecule has 0 spiro atoms. The zero-order valence-electron chi connectivity index (χ0n) is 10.7. The molecule has 1 atom stereocenters. The standard InChI is InChI=1S/C10H15N3O3S3/c1-7-12-13-9(18-7)17-5-8(14)11-10(2)3-4-19(15,16)6-10/h3-6H2,1-2H3,(H,11,14)/t10-/m1/s1. The number of thioether (sulfide) groups is 1. The molecule has 0 aromatic carbocycles. The molecule has 1 amide bonds. The van der Waals surface area contributed by atoms with E-state index in [1.54, 1.807) is 6.92 Å². The Hall–Kier alpha value is -0.670. The van der Waals surface area contributed by atoms with Crippen molar-refractivity contribution < 1.29 is 13.2 Å². The molecule has 1 aliphatic heterocycles. The smallest absolute Gasteiger partial charge is 0.230 e. The lowest BCUT2D eigenvalue weighted by Crippen LogP contribution is -2.47. The van der Waals surface area contributed by atoms with Crippen LogP contribution in [0.15, 0.2) is 4.34 Å². The Kier molecular flexibility index (Phi) is 4.17. The van der Waals surface area contributed by atoms with Crippen molar-refractivity contribution in [2.24, 2.45) is 0 Å². The third kappa shape index (κ3) is 4.15. The van der Waals surface area contributed by atoms with E-state index in [2.05, 4.69) is 15.5 Å². The highest BCUT2D eigenvalue weighted by molar-refractivity contribution is 8.01. The van der Waals surface area contributed by atoms with Crippen molar-refractivity contribution in [1.29, 1.82) is 0 Å². The monoisotopic (exact) mass is 321 g/mol. The van der Waals surface area contributed by atoms with Crippen molar-refractivity contribution in [1.82, 2.24) is 15.5 Å². The van der Waals surface area contributed by atoms with Crippen LogP contribution in [0.3, 0.4) is 0 Å². The number of aromatic nitrogens is 2. The maximum atomic E-state index is 11.8. The van der Waals surface area contributed by atoms with Crippen molar-refractivity contribution in [3.05, 3.63) is 5.01 Å². The molecule has 1 fully saturated rings. The second-order valence-electron chi connectivity index (χ2n) is 4.83. The molecule has 9 heteroatoms. The molecule has 0 saturated carbocycles. The van der Waals surface area contributed by atoms with Gasteiger partial charge in [0.05, 0.1) is 22.8 Å². The first-order valence-corrected chi connectivity index (χ1v) is 9.35. The normalized spacial score (nSPS) is 25.4. The van der Waals surface area contributed by atoms with Gasteiger partial charge in [0.2, 0.25) is 5.91 Å². The topological polar surface area (TPSA) is 89.0 Å². The van der Waals surface area contributed by atoms with Crippen LogP contribution in [0, 0.1) is 6.92 Å². The minimum absolute atomic E-state index is 0.0221. The molecule has 0 aliphatic carbocycles. The lowest BCUT2D eigenvalue weighted by Gasteiger charge is -2.23. The number of sulfone groups is 1. The van der Waals surface area contributed by atoms with Gasteiger partial charge in [-0.25, -0.2) is 8.42 Å². The highest BCUT2D eigenvalue weighted by Gasteiger charge is 2.39. The van der Waals surface area contributed by atoms with E-state index in [0.29, 0.717) is 6.42 Å². The Morgan fingerprint density at radius 1 is 1.53 bits per heavy atom. The number of nitrogens with one attached hydrogen (secondary N) is 1. The minimum atomic E-state index is -3.01. The van der Waals surface area contributed by atoms with Crippen molar-refractivity contribution in [2.45, 2.75) is 30.1 Å². The molecule has 1 N–H and O–H groups in total. The molecule has 1 aromatic heterocycles. The van der Waals surface area contributed by atoms with Gasteiger partial charge in [-0.05, 0) is 20.3 Å². The molecule has 106 valence electrons. The van der Waals surface area contributed by atoms with Gasteiger partial charge in [0.15, 0.2) is 14.2 Å². The van der Waals surface area contributed by atoms with Crippen molar-refractivity contribution in [2.75, 3.05) is 17.3 Å². The second-order valence-corrected chi connectivity index (χ2v) is 9.41. The Labute approximate surface area is 120 Å². The largest absolute Gasteiger partial charge is 0.349 e. The lowest BCUT2D eigenvalue weighted by atomic mass is 10.0. The van der Waals surface area contributed by atoms with Crippen LogP contribution in [-0.2, 0) is 14.6 Å². The molecule has 6 nitrogen and oxygen atoms in total. The lowest BCUT2D eigenvalue weighted by molar-refractivity contribution is -0.120. The van der Waals surface area contributed by atoms with E-state index in [9.17, 15) is 13.2 Å². The Bertz CT molecular complexity index is 584. The van der Waals surface area contributed by atoms with E-state index in [4.69, 9.17) is 0 Å². The van der Waals surface area contributed by atoms with Crippen LogP contribution in [0.2, 0.25) is 0 Å².